The van der Waals surface area contributed by atoms with Gasteiger partial charge in [-0.2, -0.15) is 5.10 Å². The molecule has 0 atom stereocenters. The Hall–Kier alpha value is -1.81. The van der Waals surface area contributed by atoms with E-state index in [0.29, 0.717) is 5.02 Å². The average Bonchev–Trinajstić information content (AvgIpc) is 2.57. The van der Waals surface area contributed by atoms with E-state index in [9.17, 15) is 9.90 Å². The highest BCUT2D eigenvalue weighted by Gasteiger charge is 2.16. The normalized spacial score (nSPS) is 10.5. The first-order chi connectivity index (χ1) is 7.99. The standard InChI is InChI=1S/C12H11ClN2O2/c1-7-5-8(2)15(14-7)12(17)10-4-3-9(13)6-11(10)16/h3-6,16H,1-2H3. The molecule has 4 nitrogen and oxygen atoms in total. The minimum absolute atomic E-state index is 0.143. The fourth-order valence-electron chi connectivity index (χ4n) is 1.63. The van der Waals surface area contributed by atoms with Gasteiger partial charge in [-0.1, -0.05) is 11.6 Å². The van der Waals surface area contributed by atoms with Crippen LogP contribution in [-0.2, 0) is 0 Å². The Kier molecular flexibility index (Phi) is 2.90. The molecule has 0 saturated carbocycles. The van der Waals surface area contributed by atoms with E-state index in [1.165, 1.54) is 16.8 Å². The summed E-state index contributed by atoms with van der Waals surface area (Å²) in [4.78, 5) is 12.1. The van der Waals surface area contributed by atoms with Crippen LogP contribution in [0.4, 0.5) is 0 Å². The molecular weight excluding hydrogens is 240 g/mol. The van der Waals surface area contributed by atoms with Gasteiger partial charge in [-0.15, -0.1) is 0 Å². The predicted octanol–water partition coefficient (Wildman–Crippen LogP) is 2.55. The second-order valence-corrected chi connectivity index (χ2v) is 4.24. The largest absolute Gasteiger partial charge is 0.507 e. The Bertz CT molecular complexity index is 590. The summed E-state index contributed by atoms with van der Waals surface area (Å²) < 4.78 is 1.26. The molecule has 2 rings (SSSR count). The maximum absolute atomic E-state index is 12.1. The van der Waals surface area contributed by atoms with E-state index in [1.54, 1.807) is 26.0 Å². The Morgan fingerprint density at radius 2 is 2.06 bits per heavy atom. The molecule has 0 unspecified atom stereocenters. The van der Waals surface area contributed by atoms with Crippen molar-refractivity contribution in [1.82, 2.24) is 9.78 Å². The number of hydrogen-bond donors (Lipinski definition) is 1. The number of aromatic nitrogens is 2. The molecule has 0 aliphatic carbocycles. The molecule has 0 aliphatic rings. The molecule has 5 heteroatoms. The molecule has 88 valence electrons. The van der Waals surface area contributed by atoms with Crippen molar-refractivity contribution in [2.45, 2.75) is 13.8 Å². The maximum Gasteiger partial charge on any atom is 0.282 e. The van der Waals surface area contributed by atoms with Crippen LogP contribution in [0.2, 0.25) is 5.02 Å². The van der Waals surface area contributed by atoms with Gasteiger partial charge >= 0.3 is 0 Å². The second-order valence-electron chi connectivity index (χ2n) is 3.81. The molecule has 0 spiro atoms. The molecule has 1 aromatic carbocycles. The van der Waals surface area contributed by atoms with Crippen molar-refractivity contribution in [3.8, 4) is 5.75 Å². The van der Waals surface area contributed by atoms with Crippen molar-refractivity contribution in [2.24, 2.45) is 0 Å². The van der Waals surface area contributed by atoms with E-state index < -0.39 is 0 Å². The van der Waals surface area contributed by atoms with Crippen molar-refractivity contribution < 1.29 is 9.90 Å². The van der Waals surface area contributed by atoms with Gasteiger partial charge in [0.25, 0.3) is 5.91 Å². The molecule has 1 aromatic heterocycles. The number of phenols is 1. The Morgan fingerprint density at radius 1 is 1.35 bits per heavy atom. The van der Waals surface area contributed by atoms with Gasteiger partial charge in [0.2, 0.25) is 0 Å². The summed E-state index contributed by atoms with van der Waals surface area (Å²) >= 11 is 5.71. The van der Waals surface area contributed by atoms with E-state index in [-0.39, 0.29) is 17.2 Å². The van der Waals surface area contributed by atoms with Gasteiger partial charge in [0.15, 0.2) is 0 Å². The molecule has 0 saturated heterocycles. The lowest BCUT2D eigenvalue weighted by atomic mass is 10.2. The quantitative estimate of drug-likeness (QED) is 0.846. The fraction of sp³-hybridized carbons (Fsp3) is 0.167. The smallest absolute Gasteiger partial charge is 0.282 e. The van der Waals surface area contributed by atoms with Crippen LogP contribution in [-0.4, -0.2) is 20.8 Å². The summed E-state index contributed by atoms with van der Waals surface area (Å²) in [6.45, 7) is 3.59. The molecule has 0 radical (unpaired) electrons. The number of halogens is 1. The topological polar surface area (TPSA) is 55.1 Å². The second kappa shape index (κ2) is 4.22. The third kappa shape index (κ3) is 2.17. The van der Waals surface area contributed by atoms with Crippen LogP contribution < -0.4 is 0 Å². The van der Waals surface area contributed by atoms with Crippen molar-refractivity contribution in [3.05, 3.63) is 46.2 Å². The van der Waals surface area contributed by atoms with E-state index >= 15 is 0 Å². The SMILES string of the molecule is Cc1cc(C)n(C(=O)c2ccc(Cl)cc2O)n1. The lowest BCUT2D eigenvalue weighted by Gasteiger charge is -2.05. The van der Waals surface area contributed by atoms with Gasteiger partial charge in [-0.25, -0.2) is 4.68 Å². The summed E-state index contributed by atoms with van der Waals surface area (Å²) in [6, 6.07) is 6.17. The first-order valence-electron chi connectivity index (χ1n) is 5.05. The minimum atomic E-state index is -0.371. The van der Waals surface area contributed by atoms with E-state index in [4.69, 9.17) is 11.6 Å². The number of carbonyl (C=O) groups is 1. The summed E-state index contributed by atoms with van der Waals surface area (Å²) in [7, 11) is 0. The van der Waals surface area contributed by atoms with Crippen molar-refractivity contribution in [2.75, 3.05) is 0 Å². The Morgan fingerprint density at radius 3 is 2.59 bits per heavy atom. The zero-order valence-corrected chi connectivity index (χ0v) is 10.2. The Labute approximate surface area is 103 Å². The highest BCUT2D eigenvalue weighted by atomic mass is 35.5. The lowest BCUT2D eigenvalue weighted by Crippen LogP contribution is -2.15. The average molecular weight is 251 g/mol. The molecule has 0 bridgehead atoms. The third-order valence-electron chi connectivity index (χ3n) is 2.39. The molecule has 0 fully saturated rings. The van der Waals surface area contributed by atoms with Gasteiger partial charge in [0, 0.05) is 10.7 Å². The van der Waals surface area contributed by atoms with Crippen LogP contribution in [0.3, 0.4) is 0 Å². The van der Waals surface area contributed by atoms with Gasteiger partial charge in [0.1, 0.15) is 5.75 Å². The summed E-state index contributed by atoms with van der Waals surface area (Å²) in [6.07, 6.45) is 0. The molecule has 0 amide bonds. The summed E-state index contributed by atoms with van der Waals surface area (Å²) in [5.74, 6) is -0.514. The van der Waals surface area contributed by atoms with Crippen LogP contribution in [0.5, 0.6) is 5.75 Å². The monoisotopic (exact) mass is 250 g/mol. The van der Waals surface area contributed by atoms with E-state index in [1.807, 2.05) is 0 Å². The Balaban J connectivity index is 2.47. The van der Waals surface area contributed by atoms with Crippen molar-refractivity contribution in [1.29, 1.82) is 0 Å². The molecule has 1 heterocycles. The fourth-order valence-corrected chi connectivity index (χ4v) is 1.80. The highest BCUT2D eigenvalue weighted by molar-refractivity contribution is 6.30. The number of aryl methyl sites for hydroxylation is 2. The summed E-state index contributed by atoms with van der Waals surface area (Å²) in [5.41, 5.74) is 1.66. The predicted molar refractivity (Wildman–Crippen MR) is 64.5 cm³/mol. The van der Waals surface area contributed by atoms with Crippen LogP contribution in [0.15, 0.2) is 24.3 Å². The number of aromatic hydroxyl groups is 1. The van der Waals surface area contributed by atoms with Crippen molar-refractivity contribution >= 4 is 17.5 Å². The zero-order valence-electron chi connectivity index (χ0n) is 9.44. The number of hydrogen-bond acceptors (Lipinski definition) is 3. The first kappa shape index (κ1) is 11.7. The number of nitrogens with zero attached hydrogens (tertiary/aromatic N) is 2. The molecule has 2 aromatic rings. The number of phenolic OH excluding ortho intramolecular Hbond substituents is 1. The molecular formula is C12H11ClN2O2. The number of benzene rings is 1. The highest BCUT2D eigenvalue weighted by Crippen LogP contribution is 2.23. The third-order valence-corrected chi connectivity index (χ3v) is 2.63. The van der Waals surface area contributed by atoms with E-state index in [2.05, 4.69) is 5.10 Å². The van der Waals surface area contributed by atoms with Crippen LogP contribution >= 0.6 is 11.6 Å². The number of carbonyl (C=O) groups excluding carboxylic acids is 1. The molecule has 1 N–H and O–H groups in total. The van der Waals surface area contributed by atoms with Crippen LogP contribution in [0.25, 0.3) is 0 Å². The lowest BCUT2D eigenvalue weighted by molar-refractivity contribution is 0.0939. The van der Waals surface area contributed by atoms with Gasteiger partial charge < -0.3 is 5.11 Å². The number of rotatable bonds is 1. The minimum Gasteiger partial charge on any atom is -0.507 e. The van der Waals surface area contributed by atoms with Gasteiger partial charge in [-0.3, -0.25) is 4.79 Å². The van der Waals surface area contributed by atoms with Crippen LogP contribution in [0.1, 0.15) is 21.7 Å². The maximum atomic E-state index is 12.1. The van der Waals surface area contributed by atoms with Crippen LogP contribution in [0, 0.1) is 13.8 Å². The summed E-state index contributed by atoms with van der Waals surface area (Å²) in [5, 5.41) is 14.1. The molecule has 17 heavy (non-hydrogen) atoms. The molecule has 0 aliphatic heterocycles. The first-order valence-corrected chi connectivity index (χ1v) is 5.43. The van der Waals surface area contributed by atoms with Gasteiger partial charge in [-0.05, 0) is 38.1 Å². The van der Waals surface area contributed by atoms with Gasteiger partial charge in [0.05, 0.1) is 11.3 Å². The zero-order chi connectivity index (χ0) is 12.6. The van der Waals surface area contributed by atoms with E-state index in [0.717, 1.165) is 11.4 Å². The van der Waals surface area contributed by atoms with Crippen molar-refractivity contribution in [3.63, 3.8) is 0 Å².